The van der Waals surface area contributed by atoms with E-state index < -0.39 is 0 Å². The van der Waals surface area contributed by atoms with Crippen LogP contribution < -0.4 is 5.32 Å². The highest BCUT2D eigenvalue weighted by Crippen LogP contribution is 2.24. The smallest absolute Gasteiger partial charge is 0.233 e. The minimum absolute atomic E-state index is 0.000854. The number of carbonyl (C=O) groups excluding carboxylic acids is 1. The minimum atomic E-state index is -0.183. The topological polar surface area (TPSA) is 59.8 Å². The fraction of sp³-hybridized carbons (Fsp3) is 0.471. The van der Waals surface area contributed by atoms with Crippen LogP contribution >= 0.6 is 23.4 Å². The lowest BCUT2D eigenvalue weighted by atomic mass is 10.2. The van der Waals surface area contributed by atoms with Gasteiger partial charge in [-0.1, -0.05) is 18.0 Å². The molecule has 0 aliphatic carbocycles. The zero-order chi connectivity index (χ0) is 16.9. The van der Waals surface area contributed by atoms with Crippen LogP contribution in [0.4, 0.5) is 0 Å². The summed E-state index contributed by atoms with van der Waals surface area (Å²) in [4.78, 5) is 13.4. The summed E-state index contributed by atoms with van der Waals surface area (Å²) in [6.45, 7) is 3.28. The predicted molar refractivity (Wildman–Crippen MR) is 96.2 cm³/mol. The van der Waals surface area contributed by atoms with Crippen molar-refractivity contribution < 1.29 is 4.79 Å². The van der Waals surface area contributed by atoms with Crippen LogP contribution in [-0.4, -0.2) is 25.9 Å². The van der Waals surface area contributed by atoms with Crippen molar-refractivity contribution in [2.24, 2.45) is 0 Å². The number of amides is 1. The highest BCUT2D eigenvalue weighted by molar-refractivity contribution is 8.00. The highest BCUT2D eigenvalue weighted by Gasteiger charge is 2.18. The summed E-state index contributed by atoms with van der Waals surface area (Å²) in [6, 6.07) is 7.52. The van der Waals surface area contributed by atoms with Gasteiger partial charge in [0.1, 0.15) is 5.82 Å². The molecule has 0 spiro atoms. The Labute approximate surface area is 151 Å². The molecule has 7 heteroatoms. The highest BCUT2D eigenvalue weighted by atomic mass is 35.5. The average Bonchev–Trinajstić information content (AvgIpc) is 2.81. The van der Waals surface area contributed by atoms with Crippen molar-refractivity contribution in [2.45, 2.75) is 55.8 Å². The lowest BCUT2D eigenvalue weighted by Crippen LogP contribution is -2.31. The molecule has 5 nitrogen and oxygen atoms in total. The molecule has 2 aromatic rings. The van der Waals surface area contributed by atoms with E-state index >= 15 is 0 Å². The van der Waals surface area contributed by atoms with Crippen LogP contribution in [0.25, 0.3) is 0 Å². The molecule has 1 aromatic heterocycles. The summed E-state index contributed by atoms with van der Waals surface area (Å²) < 4.78 is 2.16. The van der Waals surface area contributed by atoms with Gasteiger partial charge in [0.25, 0.3) is 0 Å². The van der Waals surface area contributed by atoms with Gasteiger partial charge in [0, 0.05) is 22.9 Å². The molecule has 0 saturated heterocycles. The molecule has 1 aromatic carbocycles. The van der Waals surface area contributed by atoms with Crippen LogP contribution in [-0.2, 0) is 24.3 Å². The molecule has 2 heterocycles. The molecule has 0 saturated carbocycles. The van der Waals surface area contributed by atoms with E-state index in [0.717, 1.165) is 35.9 Å². The standard InChI is InChI=1S/C17H21ClN4OS/c1-12(24-14-8-6-13(18)7-9-14)17(23)19-11-16-21-20-15-5-3-2-4-10-22(15)16/h6-9,12H,2-5,10-11H2,1H3,(H,19,23). The van der Waals surface area contributed by atoms with E-state index in [1.807, 2.05) is 31.2 Å². The summed E-state index contributed by atoms with van der Waals surface area (Å²) in [6.07, 6.45) is 4.52. The third kappa shape index (κ3) is 4.30. The molecule has 0 bridgehead atoms. The predicted octanol–water partition coefficient (Wildman–Crippen LogP) is 3.45. The number of benzene rings is 1. The molecule has 1 amide bonds. The third-order valence-corrected chi connectivity index (χ3v) is 5.47. The molecule has 24 heavy (non-hydrogen) atoms. The van der Waals surface area contributed by atoms with Crippen molar-refractivity contribution in [3.05, 3.63) is 40.9 Å². The fourth-order valence-electron chi connectivity index (χ4n) is 2.76. The van der Waals surface area contributed by atoms with Gasteiger partial charge >= 0.3 is 0 Å². The van der Waals surface area contributed by atoms with Gasteiger partial charge in [0.05, 0.1) is 11.8 Å². The van der Waals surface area contributed by atoms with E-state index in [1.165, 1.54) is 24.6 Å². The number of halogens is 1. The van der Waals surface area contributed by atoms with Crippen molar-refractivity contribution in [3.63, 3.8) is 0 Å². The number of nitrogens with one attached hydrogen (secondary N) is 1. The molecule has 1 aliphatic heterocycles. The van der Waals surface area contributed by atoms with Gasteiger partial charge in [-0.25, -0.2) is 0 Å². The van der Waals surface area contributed by atoms with Crippen LogP contribution in [0, 0.1) is 0 Å². The lowest BCUT2D eigenvalue weighted by Gasteiger charge is -2.12. The number of aromatic nitrogens is 3. The molecule has 1 N–H and O–H groups in total. The monoisotopic (exact) mass is 364 g/mol. The van der Waals surface area contributed by atoms with Crippen LogP contribution in [0.15, 0.2) is 29.2 Å². The Hall–Kier alpha value is -1.53. The van der Waals surface area contributed by atoms with Crippen LogP contribution in [0.2, 0.25) is 5.02 Å². The first kappa shape index (κ1) is 17.3. The maximum Gasteiger partial charge on any atom is 0.233 e. The number of rotatable bonds is 5. The number of thioether (sulfide) groups is 1. The van der Waals surface area contributed by atoms with Crippen molar-refractivity contribution >= 4 is 29.3 Å². The molecular formula is C17H21ClN4OS. The SMILES string of the molecule is CC(Sc1ccc(Cl)cc1)C(=O)NCc1nnc2n1CCCCC2. The Balaban J connectivity index is 1.55. The van der Waals surface area contributed by atoms with Gasteiger partial charge in [-0.3, -0.25) is 4.79 Å². The van der Waals surface area contributed by atoms with Crippen molar-refractivity contribution in [1.82, 2.24) is 20.1 Å². The first-order chi connectivity index (χ1) is 11.6. The Morgan fingerprint density at radius 2 is 2.08 bits per heavy atom. The minimum Gasteiger partial charge on any atom is -0.348 e. The van der Waals surface area contributed by atoms with E-state index in [9.17, 15) is 4.79 Å². The normalized spacial score (nSPS) is 15.4. The first-order valence-electron chi connectivity index (χ1n) is 8.24. The second-order valence-corrected chi connectivity index (χ2v) is 7.78. The number of hydrogen-bond acceptors (Lipinski definition) is 4. The molecule has 0 fully saturated rings. The number of fused-ring (bicyclic) bond motifs is 1. The zero-order valence-corrected chi connectivity index (χ0v) is 15.2. The van der Waals surface area contributed by atoms with E-state index in [0.29, 0.717) is 11.6 Å². The maximum atomic E-state index is 12.3. The maximum absolute atomic E-state index is 12.3. The second-order valence-electron chi connectivity index (χ2n) is 5.93. The zero-order valence-electron chi connectivity index (χ0n) is 13.7. The molecule has 128 valence electrons. The van der Waals surface area contributed by atoms with E-state index in [4.69, 9.17) is 11.6 Å². The number of nitrogens with zero attached hydrogens (tertiary/aromatic N) is 3. The van der Waals surface area contributed by atoms with Crippen molar-refractivity contribution in [1.29, 1.82) is 0 Å². The molecule has 1 atom stereocenters. The van der Waals surface area contributed by atoms with E-state index in [2.05, 4.69) is 20.1 Å². The van der Waals surface area contributed by atoms with Crippen LogP contribution in [0.3, 0.4) is 0 Å². The fourth-order valence-corrected chi connectivity index (χ4v) is 3.77. The summed E-state index contributed by atoms with van der Waals surface area (Å²) in [5, 5.41) is 12.0. The van der Waals surface area contributed by atoms with Gasteiger partial charge in [-0.2, -0.15) is 0 Å². The summed E-state index contributed by atoms with van der Waals surface area (Å²) >= 11 is 7.40. The Morgan fingerprint density at radius 3 is 2.88 bits per heavy atom. The Kier molecular flexibility index (Phi) is 5.79. The molecule has 1 aliphatic rings. The summed E-state index contributed by atoms with van der Waals surface area (Å²) in [7, 11) is 0. The van der Waals surface area contributed by atoms with Gasteiger partial charge in [-0.15, -0.1) is 22.0 Å². The van der Waals surface area contributed by atoms with E-state index in [-0.39, 0.29) is 11.2 Å². The van der Waals surface area contributed by atoms with Gasteiger partial charge in [0.15, 0.2) is 5.82 Å². The molecule has 1 unspecified atom stereocenters. The van der Waals surface area contributed by atoms with Gasteiger partial charge in [0.2, 0.25) is 5.91 Å². The molecule has 0 radical (unpaired) electrons. The number of carbonyl (C=O) groups is 1. The summed E-state index contributed by atoms with van der Waals surface area (Å²) in [5.41, 5.74) is 0. The lowest BCUT2D eigenvalue weighted by molar-refractivity contribution is -0.120. The number of hydrogen-bond donors (Lipinski definition) is 1. The largest absolute Gasteiger partial charge is 0.348 e. The Morgan fingerprint density at radius 1 is 1.29 bits per heavy atom. The van der Waals surface area contributed by atoms with E-state index in [1.54, 1.807) is 0 Å². The first-order valence-corrected chi connectivity index (χ1v) is 9.50. The molecule has 3 rings (SSSR count). The third-order valence-electron chi connectivity index (χ3n) is 4.10. The van der Waals surface area contributed by atoms with Gasteiger partial charge in [-0.05, 0) is 44.0 Å². The van der Waals surface area contributed by atoms with Crippen LogP contribution in [0.5, 0.6) is 0 Å². The number of aryl methyl sites for hydroxylation is 1. The van der Waals surface area contributed by atoms with Crippen molar-refractivity contribution in [2.75, 3.05) is 0 Å². The van der Waals surface area contributed by atoms with Gasteiger partial charge < -0.3 is 9.88 Å². The average molecular weight is 365 g/mol. The Bertz CT molecular complexity index is 701. The second kappa shape index (κ2) is 8.03. The molecular weight excluding hydrogens is 344 g/mol. The van der Waals surface area contributed by atoms with Crippen LogP contribution in [0.1, 0.15) is 37.8 Å². The summed E-state index contributed by atoms with van der Waals surface area (Å²) in [5.74, 6) is 1.89. The van der Waals surface area contributed by atoms with Crippen molar-refractivity contribution in [3.8, 4) is 0 Å². The quantitative estimate of drug-likeness (QED) is 0.825.